The molecule has 0 aromatic carbocycles. The molecule has 8 nitrogen and oxygen atoms in total. The van der Waals surface area contributed by atoms with E-state index in [0.29, 0.717) is 18.5 Å². The van der Waals surface area contributed by atoms with Crippen LogP contribution < -0.4 is 14.8 Å². The maximum atomic E-state index is 11.1. The van der Waals surface area contributed by atoms with Gasteiger partial charge in [0.25, 0.3) is 6.01 Å². The molecule has 4 rings (SSSR count). The molecule has 1 N–H and O–H groups in total. The third kappa shape index (κ3) is 5.03. The average Bonchev–Trinajstić information content (AvgIpc) is 3.35. The standard InChI is InChI=1S/C22H32N4O4/c1-14(23-15(2)27)13-28-16-5-7-17(8-6-16)29-19-10-9-18-20(25-19)26(4)21(24-18)30-22(3)11-12-22/h9-10,14,16-17H,5-8,11-13H2,1-4H3,(H,23,27)/t14-,16-,17-/m0/s1. The largest absolute Gasteiger partial charge is 0.474 e. The van der Waals surface area contributed by atoms with Gasteiger partial charge in [-0.3, -0.25) is 9.36 Å². The van der Waals surface area contributed by atoms with Crippen LogP contribution in [0, 0.1) is 0 Å². The second-order valence-corrected chi connectivity index (χ2v) is 8.95. The van der Waals surface area contributed by atoms with Crippen LogP contribution >= 0.6 is 0 Å². The van der Waals surface area contributed by atoms with E-state index in [0.717, 1.165) is 49.7 Å². The molecule has 0 radical (unpaired) electrons. The lowest BCUT2D eigenvalue weighted by Gasteiger charge is -2.29. The molecule has 164 valence electrons. The van der Waals surface area contributed by atoms with E-state index in [1.807, 2.05) is 30.7 Å². The number of carbonyl (C=O) groups is 1. The van der Waals surface area contributed by atoms with Gasteiger partial charge in [-0.25, -0.2) is 0 Å². The van der Waals surface area contributed by atoms with Crippen molar-refractivity contribution in [3.05, 3.63) is 12.1 Å². The van der Waals surface area contributed by atoms with Crippen LogP contribution in [0.4, 0.5) is 0 Å². The molecular formula is C22H32N4O4. The summed E-state index contributed by atoms with van der Waals surface area (Å²) in [5, 5.41) is 2.85. The van der Waals surface area contributed by atoms with E-state index in [1.54, 1.807) is 0 Å². The lowest BCUT2D eigenvalue weighted by atomic mass is 9.95. The molecule has 0 bridgehead atoms. The van der Waals surface area contributed by atoms with Gasteiger partial charge in [0.05, 0.1) is 12.7 Å². The second kappa shape index (κ2) is 8.41. The fraction of sp³-hybridized carbons (Fsp3) is 0.682. The molecule has 1 amide bonds. The van der Waals surface area contributed by atoms with Gasteiger partial charge in [0.1, 0.15) is 17.2 Å². The number of aryl methyl sites for hydroxylation is 1. The van der Waals surface area contributed by atoms with E-state index in [4.69, 9.17) is 14.2 Å². The lowest BCUT2D eigenvalue weighted by molar-refractivity contribution is -0.120. The third-order valence-electron chi connectivity index (χ3n) is 5.88. The SMILES string of the molecule is CC(=O)N[C@@H](C)CO[C@H]1CC[C@H](Oc2ccc3nc(OC4(C)CC4)n(C)c3n2)CC1. The summed E-state index contributed by atoms with van der Waals surface area (Å²) in [6, 6.07) is 4.47. The topological polar surface area (TPSA) is 87.5 Å². The fourth-order valence-corrected chi connectivity index (χ4v) is 3.84. The van der Waals surface area contributed by atoms with Gasteiger partial charge in [-0.1, -0.05) is 0 Å². The molecule has 2 aromatic rings. The minimum Gasteiger partial charge on any atom is -0.474 e. The van der Waals surface area contributed by atoms with Crippen LogP contribution in [0.2, 0.25) is 0 Å². The van der Waals surface area contributed by atoms with Crippen molar-refractivity contribution >= 4 is 17.1 Å². The molecule has 0 spiro atoms. The molecule has 2 fully saturated rings. The molecule has 1 atom stereocenters. The number of nitrogens with one attached hydrogen (secondary N) is 1. The minimum atomic E-state index is -0.0743. The number of fused-ring (bicyclic) bond motifs is 1. The number of nitrogens with zero attached hydrogens (tertiary/aromatic N) is 3. The monoisotopic (exact) mass is 416 g/mol. The van der Waals surface area contributed by atoms with Gasteiger partial charge in [-0.2, -0.15) is 9.97 Å². The molecule has 2 aliphatic carbocycles. The molecule has 2 aromatic heterocycles. The first-order chi connectivity index (χ1) is 14.3. The summed E-state index contributed by atoms with van der Waals surface area (Å²) in [4.78, 5) is 20.3. The molecule has 0 aliphatic heterocycles. The van der Waals surface area contributed by atoms with E-state index in [9.17, 15) is 4.79 Å². The van der Waals surface area contributed by atoms with Crippen LogP contribution in [0.25, 0.3) is 11.2 Å². The number of amides is 1. The Morgan fingerprint density at radius 3 is 2.60 bits per heavy atom. The first-order valence-electron chi connectivity index (χ1n) is 10.9. The minimum absolute atomic E-state index is 0.0264. The predicted molar refractivity (Wildman–Crippen MR) is 113 cm³/mol. The van der Waals surface area contributed by atoms with Crippen LogP contribution in [0.5, 0.6) is 11.9 Å². The number of hydrogen-bond donors (Lipinski definition) is 1. The van der Waals surface area contributed by atoms with Crippen LogP contribution in [0.15, 0.2) is 12.1 Å². The van der Waals surface area contributed by atoms with Crippen molar-refractivity contribution in [1.82, 2.24) is 19.9 Å². The van der Waals surface area contributed by atoms with Gasteiger partial charge in [0.2, 0.25) is 11.8 Å². The summed E-state index contributed by atoms with van der Waals surface area (Å²) >= 11 is 0. The highest BCUT2D eigenvalue weighted by atomic mass is 16.5. The average molecular weight is 417 g/mol. The maximum Gasteiger partial charge on any atom is 0.298 e. The van der Waals surface area contributed by atoms with E-state index in [1.165, 1.54) is 6.92 Å². The normalized spacial score (nSPS) is 23.7. The highest BCUT2D eigenvalue weighted by Crippen LogP contribution is 2.39. The Labute approximate surface area is 177 Å². The van der Waals surface area contributed by atoms with E-state index >= 15 is 0 Å². The zero-order valence-corrected chi connectivity index (χ0v) is 18.3. The number of imidazole rings is 1. The maximum absolute atomic E-state index is 11.1. The first kappa shape index (κ1) is 20.9. The van der Waals surface area contributed by atoms with Crippen molar-refractivity contribution in [2.45, 2.75) is 83.1 Å². The zero-order chi connectivity index (χ0) is 21.3. The van der Waals surface area contributed by atoms with Gasteiger partial charge in [-0.05, 0) is 58.4 Å². The number of aromatic nitrogens is 3. The fourth-order valence-electron chi connectivity index (χ4n) is 3.84. The first-order valence-corrected chi connectivity index (χ1v) is 10.9. The van der Waals surface area contributed by atoms with Crippen molar-refractivity contribution in [3.8, 4) is 11.9 Å². The van der Waals surface area contributed by atoms with Crippen LogP contribution in [-0.2, 0) is 16.6 Å². The Kier molecular flexibility index (Phi) is 5.86. The molecule has 30 heavy (non-hydrogen) atoms. The smallest absolute Gasteiger partial charge is 0.298 e. The summed E-state index contributed by atoms with van der Waals surface area (Å²) in [6.45, 7) is 6.13. The van der Waals surface area contributed by atoms with Gasteiger partial charge in [0, 0.05) is 26.1 Å². The number of rotatable bonds is 8. The Morgan fingerprint density at radius 1 is 1.23 bits per heavy atom. The Bertz CT molecular complexity index is 900. The molecule has 2 heterocycles. The van der Waals surface area contributed by atoms with E-state index in [2.05, 4.69) is 22.2 Å². The summed E-state index contributed by atoms with van der Waals surface area (Å²) < 4.78 is 20.0. The van der Waals surface area contributed by atoms with Gasteiger partial charge >= 0.3 is 0 Å². The second-order valence-electron chi connectivity index (χ2n) is 8.95. The van der Waals surface area contributed by atoms with Gasteiger partial charge < -0.3 is 19.5 Å². The van der Waals surface area contributed by atoms with Crippen molar-refractivity contribution in [2.75, 3.05) is 6.61 Å². The molecular weight excluding hydrogens is 384 g/mol. The Hall–Kier alpha value is -2.35. The lowest BCUT2D eigenvalue weighted by Crippen LogP contribution is -2.36. The predicted octanol–water partition coefficient (Wildman–Crippen LogP) is 3.13. The van der Waals surface area contributed by atoms with Crippen molar-refractivity contribution in [3.63, 3.8) is 0 Å². The zero-order valence-electron chi connectivity index (χ0n) is 18.3. The van der Waals surface area contributed by atoms with Crippen LogP contribution in [-0.4, -0.2) is 50.9 Å². The summed E-state index contributed by atoms with van der Waals surface area (Å²) in [6.07, 6.45) is 6.24. The Morgan fingerprint density at radius 2 is 1.93 bits per heavy atom. The van der Waals surface area contributed by atoms with Crippen LogP contribution in [0.1, 0.15) is 59.3 Å². The van der Waals surface area contributed by atoms with Crippen molar-refractivity contribution < 1.29 is 19.0 Å². The van der Waals surface area contributed by atoms with E-state index in [-0.39, 0.29) is 29.8 Å². The number of hydrogen-bond acceptors (Lipinski definition) is 6. The van der Waals surface area contributed by atoms with Crippen LogP contribution in [0.3, 0.4) is 0 Å². The van der Waals surface area contributed by atoms with Crippen molar-refractivity contribution in [1.29, 1.82) is 0 Å². The third-order valence-corrected chi connectivity index (χ3v) is 5.88. The molecule has 2 saturated carbocycles. The summed E-state index contributed by atoms with van der Waals surface area (Å²) in [7, 11) is 1.93. The molecule has 0 unspecified atom stereocenters. The number of ether oxygens (including phenoxy) is 3. The number of pyridine rings is 1. The molecule has 2 aliphatic rings. The number of carbonyl (C=O) groups excluding carboxylic acids is 1. The van der Waals surface area contributed by atoms with Crippen molar-refractivity contribution in [2.24, 2.45) is 7.05 Å². The molecule has 0 saturated heterocycles. The quantitative estimate of drug-likeness (QED) is 0.711. The van der Waals surface area contributed by atoms with Gasteiger partial charge in [0.15, 0.2) is 5.65 Å². The summed E-state index contributed by atoms with van der Waals surface area (Å²) in [5.41, 5.74) is 1.51. The van der Waals surface area contributed by atoms with Gasteiger partial charge in [-0.15, -0.1) is 0 Å². The molecule has 8 heteroatoms. The highest BCUT2D eigenvalue weighted by Gasteiger charge is 2.41. The summed E-state index contributed by atoms with van der Waals surface area (Å²) in [5.74, 6) is 0.597. The van der Waals surface area contributed by atoms with E-state index < -0.39 is 0 Å². The highest BCUT2D eigenvalue weighted by molar-refractivity contribution is 5.73. The Balaban J connectivity index is 1.29.